The van der Waals surface area contributed by atoms with Gasteiger partial charge in [0.25, 0.3) is 0 Å². The molecule has 84 valence electrons. The molecule has 1 aromatic carbocycles. The normalized spacial score (nSPS) is 10.7. The number of rotatable bonds is 2. The van der Waals surface area contributed by atoms with Crippen molar-refractivity contribution in [1.82, 2.24) is 4.98 Å². The summed E-state index contributed by atoms with van der Waals surface area (Å²) in [5.74, 6) is -0.780. The highest BCUT2D eigenvalue weighted by Crippen LogP contribution is 2.24. The Hall–Kier alpha value is -1.84. The molecule has 0 saturated heterocycles. The lowest BCUT2D eigenvalue weighted by atomic mass is 10.1. The molecule has 0 aliphatic heterocycles. The largest absolute Gasteiger partial charge is 0.461 e. The smallest absolute Gasteiger partial charge is 0.355 e. The number of halogens is 1. The number of fused-ring (bicyclic) bond motifs is 1. The lowest BCUT2D eigenvalue weighted by Crippen LogP contribution is -2.06. The molecule has 2 aromatic rings. The van der Waals surface area contributed by atoms with Gasteiger partial charge < -0.3 is 9.72 Å². The van der Waals surface area contributed by atoms with Gasteiger partial charge in [0.05, 0.1) is 6.61 Å². The van der Waals surface area contributed by atoms with Crippen LogP contribution < -0.4 is 0 Å². The fourth-order valence-corrected chi connectivity index (χ4v) is 1.77. The number of benzene rings is 1. The van der Waals surface area contributed by atoms with Gasteiger partial charge in [0.2, 0.25) is 0 Å². The predicted octanol–water partition coefficient (Wildman–Crippen LogP) is 2.79. The van der Waals surface area contributed by atoms with Crippen molar-refractivity contribution in [3.05, 3.63) is 35.3 Å². The van der Waals surface area contributed by atoms with Crippen molar-refractivity contribution in [2.24, 2.45) is 0 Å². The van der Waals surface area contributed by atoms with Crippen molar-refractivity contribution >= 4 is 16.9 Å². The Bertz CT molecular complexity index is 545. The van der Waals surface area contributed by atoms with Crippen LogP contribution in [0.1, 0.15) is 23.0 Å². The summed E-state index contributed by atoms with van der Waals surface area (Å²) in [6, 6.07) is 4.70. The number of hydrogen-bond acceptors (Lipinski definition) is 2. The van der Waals surface area contributed by atoms with Crippen molar-refractivity contribution in [1.29, 1.82) is 0 Å². The summed E-state index contributed by atoms with van der Waals surface area (Å²) in [7, 11) is 0. The van der Waals surface area contributed by atoms with Gasteiger partial charge in [0, 0.05) is 10.9 Å². The molecule has 0 spiro atoms. The fourth-order valence-electron chi connectivity index (χ4n) is 1.77. The molecule has 0 radical (unpaired) electrons. The van der Waals surface area contributed by atoms with Gasteiger partial charge in [0.15, 0.2) is 0 Å². The molecule has 0 saturated carbocycles. The molecule has 0 bridgehead atoms. The number of esters is 1. The third kappa shape index (κ3) is 1.56. The minimum Gasteiger partial charge on any atom is -0.461 e. The molecule has 0 atom stereocenters. The van der Waals surface area contributed by atoms with Crippen LogP contribution in [-0.2, 0) is 4.74 Å². The highest BCUT2D eigenvalue weighted by Gasteiger charge is 2.17. The molecule has 2 rings (SSSR count). The lowest BCUT2D eigenvalue weighted by molar-refractivity contribution is 0.0520. The van der Waals surface area contributed by atoms with Gasteiger partial charge in [-0.2, -0.15) is 0 Å². The van der Waals surface area contributed by atoms with E-state index >= 15 is 0 Å². The average Bonchev–Trinajstić information content (AvgIpc) is 2.58. The van der Waals surface area contributed by atoms with Crippen molar-refractivity contribution < 1.29 is 13.9 Å². The second-order valence-corrected chi connectivity index (χ2v) is 3.51. The van der Waals surface area contributed by atoms with E-state index in [2.05, 4.69) is 4.98 Å². The summed E-state index contributed by atoms with van der Waals surface area (Å²) in [5.41, 5.74) is 1.52. The Morgan fingerprint density at radius 2 is 2.25 bits per heavy atom. The van der Waals surface area contributed by atoms with Crippen LogP contribution in [0.3, 0.4) is 0 Å². The highest BCUT2D eigenvalue weighted by molar-refractivity contribution is 5.98. The molecule has 4 heteroatoms. The first-order chi connectivity index (χ1) is 7.65. The summed E-state index contributed by atoms with van der Waals surface area (Å²) in [5, 5.41) is 0.450. The van der Waals surface area contributed by atoms with Crippen molar-refractivity contribution in [2.75, 3.05) is 6.61 Å². The van der Waals surface area contributed by atoms with Crippen molar-refractivity contribution in [2.45, 2.75) is 13.8 Å². The molecular weight excluding hydrogens is 209 g/mol. The molecule has 0 unspecified atom stereocenters. The standard InChI is InChI=1S/C12H12FNO2/c1-3-16-12(15)11-7(2)10-8(13)5-4-6-9(10)14-11/h4-6,14H,3H2,1-2H3. The molecule has 0 aliphatic carbocycles. The predicted molar refractivity (Wildman–Crippen MR) is 59.0 cm³/mol. The van der Waals surface area contributed by atoms with Gasteiger partial charge in [-0.25, -0.2) is 9.18 Å². The maximum atomic E-state index is 13.5. The van der Waals surface area contributed by atoms with Crippen LogP contribution in [0.5, 0.6) is 0 Å². The molecule has 0 amide bonds. The fraction of sp³-hybridized carbons (Fsp3) is 0.250. The molecule has 3 nitrogen and oxygen atoms in total. The first-order valence-corrected chi connectivity index (χ1v) is 5.09. The number of carbonyl (C=O) groups excluding carboxylic acids is 1. The quantitative estimate of drug-likeness (QED) is 0.792. The number of carbonyl (C=O) groups is 1. The number of H-pyrrole nitrogens is 1. The Morgan fingerprint density at radius 3 is 2.88 bits per heavy atom. The highest BCUT2D eigenvalue weighted by atomic mass is 19.1. The molecule has 0 fully saturated rings. The van der Waals surface area contributed by atoms with E-state index in [-0.39, 0.29) is 5.82 Å². The van der Waals surface area contributed by atoms with Gasteiger partial charge in [-0.3, -0.25) is 0 Å². The minimum atomic E-state index is -0.449. The average molecular weight is 221 g/mol. The van der Waals surface area contributed by atoms with E-state index in [1.165, 1.54) is 6.07 Å². The van der Waals surface area contributed by atoms with Crippen LogP contribution in [0.2, 0.25) is 0 Å². The Kier molecular flexibility index (Phi) is 2.64. The van der Waals surface area contributed by atoms with Gasteiger partial charge in [-0.15, -0.1) is 0 Å². The number of hydrogen-bond donors (Lipinski definition) is 1. The monoisotopic (exact) mass is 221 g/mol. The maximum Gasteiger partial charge on any atom is 0.355 e. The van der Waals surface area contributed by atoms with Crippen LogP contribution in [0.15, 0.2) is 18.2 Å². The Morgan fingerprint density at radius 1 is 1.50 bits per heavy atom. The summed E-state index contributed by atoms with van der Waals surface area (Å²) >= 11 is 0. The van der Waals surface area contributed by atoms with Crippen LogP contribution >= 0.6 is 0 Å². The number of nitrogens with one attached hydrogen (secondary N) is 1. The summed E-state index contributed by atoms with van der Waals surface area (Å²) < 4.78 is 18.4. The van der Waals surface area contributed by atoms with E-state index in [0.717, 1.165) is 0 Å². The zero-order valence-corrected chi connectivity index (χ0v) is 9.13. The van der Waals surface area contributed by atoms with E-state index < -0.39 is 5.97 Å². The Labute approximate surface area is 92.2 Å². The Balaban J connectivity index is 2.61. The van der Waals surface area contributed by atoms with E-state index in [4.69, 9.17) is 4.74 Å². The van der Waals surface area contributed by atoms with Crippen LogP contribution in [0.4, 0.5) is 4.39 Å². The minimum absolute atomic E-state index is 0.302. The number of ether oxygens (including phenoxy) is 1. The third-order valence-electron chi connectivity index (χ3n) is 2.50. The first-order valence-electron chi connectivity index (χ1n) is 5.09. The second-order valence-electron chi connectivity index (χ2n) is 3.51. The van der Waals surface area contributed by atoms with Gasteiger partial charge in [-0.1, -0.05) is 6.07 Å². The SMILES string of the molecule is CCOC(=O)c1[nH]c2cccc(F)c2c1C. The zero-order valence-electron chi connectivity index (χ0n) is 9.13. The molecular formula is C12H12FNO2. The van der Waals surface area contributed by atoms with Crippen LogP contribution in [-0.4, -0.2) is 17.6 Å². The molecule has 1 heterocycles. The van der Waals surface area contributed by atoms with E-state index in [9.17, 15) is 9.18 Å². The number of aromatic amines is 1. The topological polar surface area (TPSA) is 42.1 Å². The zero-order chi connectivity index (χ0) is 11.7. The van der Waals surface area contributed by atoms with Crippen molar-refractivity contribution in [3.8, 4) is 0 Å². The van der Waals surface area contributed by atoms with Gasteiger partial charge in [0.1, 0.15) is 11.5 Å². The first kappa shape index (κ1) is 10.7. The third-order valence-corrected chi connectivity index (χ3v) is 2.50. The summed E-state index contributed by atoms with van der Waals surface area (Å²) in [6.07, 6.45) is 0. The van der Waals surface area contributed by atoms with E-state index in [1.807, 2.05) is 0 Å². The number of aryl methyl sites for hydroxylation is 1. The molecule has 16 heavy (non-hydrogen) atoms. The van der Waals surface area contributed by atoms with Gasteiger partial charge in [-0.05, 0) is 31.5 Å². The van der Waals surface area contributed by atoms with E-state index in [1.54, 1.807) is 26.0 Å². The van der Waals surface area contributed by atoms with Crippen LogP contribution in [0, 0.1) is 12.7 Å². The molecule has 1 aromatic heterocycles. The molecule has 0 aliphatic rings. The molecule has 1 N–H and O–H groups in total. The van der Waals surface area contributed by atoms with Crippen LogP contribution in [0.25, 0.3) is 10.9 Å². The summed E-state index contributed by atoms with van der Waals surface area (Å²) in [6.45, 7) is 3.74. The maximum absolute atomic E-state index is 13.5. The van der Waals surface area contributed by atoms with Crippen molar-refractivity contribution in [3.63, 3.8) is 0 Å². The van der Waals surface area contributed by atoms with E-state index in [0.29, 0.717) is 28.8 Å². The summed E-state index contributed by atoms with van der Waals surface area (Å²) in [4.78, 5) is 14.4. The van der Waals surface area contributed by atoms with Gasteiger partial charge >= 0.3 is 5.97 Å². The lowest BCUT2D eigenvalue weighted by Gasteiger charge is -1.99. The number of aromatic nitrogens is 1. The second kappa shape index (κ2) is 3.96.